The summed E-state index contributed by atoms with van der Waals surface area (Å²) in [6.07, 6.45) is 12.9. The maximum atomic E-state index is 3.52. The highest BCUT2D eigenvalue weighted by molar-refractivity contribution is 9.10. The molecule has 1 N–H and O–H groups in total. The van der Waals surface area contributed by atoms with Crippen molar-refractivity contribution >= 4 is 27.3 Å². The standard InChI is InChI=1S/C43H46BrN/c1-3-5-7-11-28-43(29-12-8-6-4-2)41-17-10-9-16-39(41)40-27-20-35(31-42(40)43)34-15-13-14-33(30-34)32-18-23-37(24-19-32)45-38-25-21-36(44)22-26-38/h9-10,13-27,30-31,45H,3-8,11-12,28-29H2,1-2H3. The summed E-state index contributed by atoms with van der Waals surface area (Å²) in [5, 5.41) is 3.51. The van der Waals surface area contributed by atoms with E-state index in [0.717, 1.165) is 15.8 Å². The van der Waals surface area contributed by atoms with Crippen molar-refractivity contribution in [2.45, 2.75) is 83.5 Å². The number of hydrogen-bond acceptors (Lipinski definition) is 1. The summed E-state index contributed by atoms with van der Waals surface area (Å²) in [7, 11) is 0. The molecule has 2 heteroatoms. The largest absolute Gasteiger partial charge is 0.356 e. The molecule has 45 heavy (non-hydrogen) atoms. The second-order valence-corrected chi connectivity index (χ2v) is 13.7. The molecule has 0 aliphatic heterocycles. The van der Waals surface area contributed by atoms with E-state index in [1.165, 1.54) is 97.6 Å². The molecule has 1 aliphatic carbocycles. The van der Waals surface area contributed by atoms with Crippen LogP contribution in [0.5, 0.6) is 0 Å². The molecule has 230 valence electrons. The molecule has 5 aromatic carbocycles. The van der Waals surface area contributed by atoms with E-state index >= 15 is 0 Å². The number of hydrogen-bond donors (Lipinski definition) is 1. The summed E-state index contributed by atoms with van der Waals surface area (Å²) in [6, 6.07) is 42.8. The number of anilines is 2. The summed E-state index contributed by atoms with van der Waals surface area (Å²) in [6.45, 7) is 4.63. The van der Waals surface area contributed by atoms with E-state index in [0.29, 0.717) is 0 Å². The zero-order valence-electron chi connectivity index (χ0n) is 26.9. The Labute approximate surface area is 279 Å². The molecule has 0 spiro atoms. The van der Waals surface area contributed by atoms with Crippen molar-refractivity contribution in [2.24, 2.45) is 0 Å². The quantitative estimate of drug-likeness (QED) is 0.117. The zero-order valence-corrected chi connectivity index (χ0v) is 28.5. The fourth-order valence-electron chi connectivity index (χ4n) is 7.33. The SMILES string of the molecule is CCCCCCC1(CCCCCC)c2ccccc2-c2ccc(-c3cccc(-c4ccc(Nc5ccc(Br)cc5)cc4)c3)cc21. The Morgan fingerprint density at radius 1 is 0.489 bits per heavy atom. The average molecular weight is 657 g/mol. The highest BCUT2D eigenvalue weighted by Crippen LogP contribution is 2.55. The highest BCUT2D eigenvalue weighted by atomic mass is 79.9. The molecular weight excluding hydrogens is 610 g/mol. The van der Waals surface area contributed by atoms with Crippen LogP contribution in [0, 0.1) is 0 Å². The summed E-state index contributed by atoms with van der Waals surface area (Å²) in [5.41, 5.74) is 13.4. The van der Waals surface area contributed by atoms with Crippen molar-refractivity contribution in [3.63, 3.8) is 0 Å². The molecule has 0 unspecified atom stereocenters. The van der Waals surface area contributed by atoms with Crippen molar-refractivity contribution < 1.29 is 0 Å². The number of nitrogens with one attached hydrogen (secondary N) is 1. The van der Waals surface area contributed by atoms with Crippen LogP contribution in [-0.2, 0) is 5.41 Å². The molecule has 0 atom stereocenters. The molecule has 0 amide bonds. The first kappa shape index (κ1) is 31.4. The lowest BCUT2D eigenvalue weighted by Crippen LogP contribution is -2.25. The fraction of sp³-hybridized carbons (Fsp3) is 0.302. The number of rotatable bonds is 14. The summed E-state index contributed by atoms with van der Waals surface area (Å²) in [4.78, 5) is 0. The maximum absolute atomic E-state index is 3.52. The third kappa shape index (κ3) is 6.97. The van der Waals surface area contributed by atoms with Gasteiger partial charge >= 0.3 is 0 Å². The third-order valence-electron chi connectivity index (χ3n) is 9.73. The number of unbranched alkanes of at least 4 members (excludes halogenated alkanes) is 6. The molecule has 0 saturated heterocycles. The van der Waals surface area contributed by atoms with E-state index in [4.69, 9.17) is 0 Å². The average Bonchev–Trinajstić information content (AvgIpc) is 3.35. The Hall–Kier alpha value is -3.62. The van der Waals surface area contributed by atoms with Gasteiger partial charge in [-0.05, 0) is 106 Å². The summed E-state index contributed by atoms with van der Waals surface area (Å²) < 4.78 is 1.08. The minimum atomic E-state index is 0.110. The van der Waals surface area contributed by atoms with Gasteiger partial charge in [0.25, 0.3) is 0 Å². The van der Waals surface area contributed by atoms with Gasteiger partial charge in [-0.2, -0.15) is 0 Å². The van der Waals surface area contributed by atoms with Crippen LogP contribution in [0.1, 0.15) is 89.2 Å². The second-order valence-electron chi connectivity index (χ2n) is 12.8. The van der Waals surface area contributed by atoms with Crippen LogP contribution in [0.4, 0.5) is 11.4 Å². The van der Waals surface area contributed by atoms with Crippen LogP contribution in [0.2, 0.25) is 0 Å². The van der Waals surface area contributed by atoms with E-state index in [1.807, 2.05) is 0 Å². The van der Waals surface area contributed by atoms with E-state index in [-0.39, 0.29) is 5.41 Å². The smallest absolute Gasteiger partial charge is 0.0384 e. The Morgan fingerprint density at radius 3 is 1.71 bits per heavy atom. The van der Waals surface area contributed by atoms with Gasteiger partial charge in [0.1, 0.15) is 0 Å². The van der Waals surface area contributed by atoms with Crippen molar-refractivity contribution in [3.05, 3.63) is 131 Å². The molecular formula is C43H46BrN. The number of benzene rings is 5. The first-order valence-electron chi connectivity index (χ1n) is 17.1. The van der Waals surface area contributed by atoms with Crippen LogP contribution in [0.25, 0.3) is 33.4 Å². The molecule has 5 aromatic rings. The Morgan fingerprint density at radius 2 is 1.04 bits per heavy atom. The summed E-state index contributed by atoms with van der Waals surface area (Å²) >= 11 is 3.52. The second kappa shape index (κ2) is 14.6. The van der Waals surface area contributed by atoms with Crippen LogP contribution in [0.15, 0.2) is 120 Å². The highest BCUT2D eigenvalue weighted by Gasteiger charge is 2.42. The molecule has 1 aliphatic rings. The zero-order chi connectivity index (χ0) is 31.1. The molecule has 0 saturated carbocycles. The van der Waals surface area contributed by atoms with Gasteiger partial charge in [0.2, 0.25) is 0 Å². The van der Waals surface area contributed by atoms with E-state index in [1.54, 1.807) is 11.1 Å². The minimum Gasteiger partial charge on any atom is -0.356 e. The van der Waals surface area contributed by atoms with Crippen LogP contribution >= 0.6 is 15.9 Å². The Bertz CT molecular complexity index is 1690. The number of fused-ring (bicyclic) bond motifs is 3. The number of halogens is 1. The summed E-state index contributed by atoms with van der Waals surface area (Å²) in [5.74, 6) is 0. The van der Waals surface area contributed by atoms with Gasteiger partial charge < -0.3 is 5.32 Å². The monoisotopic (exact) mass is 655 g/mol. The predicted molar refractivity (Wildman–Crippen MR) is 198 cm³/mol. The predicted octanol–water partition coefficient (Wildman–Crippen LogP) is 13.7. The Balaban J connectivity index is 1.31. The molecule has 0 fully saturated rings. The molecule has 0 radical (unpaired) electrons. The van der Waals surface area contributed by atoms with Gasteiger partial charge in [-0.3, -0.25) is 0 Å². The molecule has 0 bridgehead atoms. The lowest BCUT2D eigenvalue weighted by Gasteiger charge is -2.33. The van der Waals surface area contributed by atoms with Gasteiger partial charge in [-0.25, -0.2) is 0 Å². The fourth-order valence-corrected chi connectivity index (χ4v) is 7.59. The van der Waals surface area contributed by atoms with Crippen molar-refractivity contribution in [2.75, 3.05) is 5.32 Å². The van der Waals surface area contributed by atoms with Crippen molar-refractivity contribution in [3.8, 4) is 33.4 Å². The Kier molecular flexibility index (Phi) is 10.2. The lowest BCUT2D eigenvalue weighted by molar-refractivity contribution is 0.401. The van der Waals surface area contributed by atoms with Crippen molar-refractivity contribution in [1.29, 1.82) is 0 Å². The first-order chi connectivity index (χ1) is 22.1. The lowest BCUT2D eigenvalue weighted by atomic mass is 9.70. The van der Waals surface area contributed by atoms with Crippen LogP contribution in [0.3, 0.4) is 0 Å². The van der Waals surface area contributed by atoms with Crippen molar-refractivity contribution in [1.82, 2.24) is 0 Å². The molecule has 0 heterocycles. The third-order valence-corrected chi connectivity index (χ3v) is 10.3. The molecule has 6 rings (SSSR count). The minimum absolute atomic E-state index is 0.110. The van der Waals surface area contributed by atoms with Gasteiger partial charge in [0.05, 0.1) is 0 Å². The van der Waals surface area contributed by atoms with E-state index in [9.17, 15) is 0 Å². The van der Waals surface area contributed by atoms with Gasteiger partial charge in [0.15, 0.2) is 0 Å². The van der Waals surface area contributed by atoms with E-state index < -0.39 is 0 Å². The maximum Gasteiger partial charge on any atom is 0.0384 e. The topological polar surface area (TPSA) is 12.0 Å². The molecule has 1 nitrogen and oxygen atoms in total. The van der Waals surface area contributed by atoms with Gasteiger partial charge in [-0.1, -0.05) is 148 Å². The first-order valence-corrected chi connectivity index (χ1v) is 17.9. The molecule has 0 aromatic heterocycles. The van der Waals surface area contributed by atoms with E-state index in [2.05, 4.69) is 150 Å². The van der Waals surface area contributed by atoms with Gasteiger partial charge in [-0.15, -0.1) is 0 Å². The van der Waals surface area contributed by atoms with Gasteiger partial charge in [0, 0.05) is 21.3 Å². The van der Waals surface area contributed by atoms with Crippen LogP contribution in [-0.4, -0.2) is 0 Å². The normalized spacial score (nSPS) is 13.0. The van der Waals surface area contributed by atoms with Crippen LogP contribution < -0.4 is 5.32 Å².